The number of urea groups is 1. The highest BCUT2D eigenvalue weighted by Gasteiger charge is 2.08. The van der Waals surface area contributed by atoms with Gasteiger partial charge in [0.2, 0.25) is 0 Å². The third kappa shape index (κ3) is 8.82. The SMILES string of the molecule is COCCNC(=O)NCC(CCSC)OC. The molecule has 0 heterocycles. The van der Waals surface area contributed by atoms with Crippen LogP contribution >= 0.6 is 11.8 Å². The average molecular weight is 250 g/mol. The van der Waals surface area contributed by atoms with Crippen LogP contribution in [0.25, 0.3) is 0 Å². The molecule has 0 aliphatic rings. The van der Waals surface area contributed by atoms with Crippen molar-refractivity contribution in [1.82, 2.24) is 10.6 Å². The van der Waals surface area contributed by atoms with Crippen molar-refractivity contribution >= 4 is 17.8 Å². The summed E-state index contributed by atoms with van der Waals surface area (Å²) in [5.74, 6) is 1.03. The van der Waals surface area contributed by atoms with E-state index in [2.05, 4.69) is 16.9 Å². The lowest BCUT2D eigenvalue weighted by molar-refractivity contribution is 0.101. The van der Waals surface area contributed by atoms with Crippen molar-refractivity contribution in [3.05, 3.63) is 0 Å². The van der Waals surface area contributed by atoms with E-state index in [1.165, 1.54) is 0 Å². The van der Waals surface area contributed by atoms with Crippen molar-refractivity contribution in [2.24, 2.45) is 0 Å². The molecule has 0 bridgehead atoms. The Balaban J connectivity index is 3.54. The molecule has 2 amide bonds. The minimum Gasteiger partial charge on any atom is -0.383 e. The second-order valence-electron chi connectivity index (χ2n) is 3.27. The first-order valence-corrected chi connectivity index (χ1v) is 6.66. The van der Waals surface area contributed by atoms with E-state index in [0.29, 0.717) is 19.7 Å². The predicted molar refractivity (Wildman–Crippen MR) is 67.1 cm³/mol. The number of methoxy groups -OCH3 is 2. The second kappa shape index (κ2) is 11.0. The Morgan fingerprint density at radius 2 is 2.12 bits per heavy atom. The zero-order valence-electron chi connectivity index (χ0n) is 10.2. The van der Waals surface area contributed by atoms with Crippen molar-refractivity contribution in [1.29, 1.82) is 0 Å². The summed E-state index contributed by atoms with van der Waals surface area (Å²) < 4.78 is 10.1. The predicted octanol–water partition coefficient (Wildman–Crippen LogP) is 0.700. The Hall–Kier alpha value is -0.460. The number of thioether (sulfide) groups is 1. The number of ether oxygens (including phenoxy) is 2. The first-order valence-electron chi connectivity index (χ1n) is 5.27. The lowest BCUT2D eigenvalue weighted by Crippen LogP contribution is -2.41. The fourth-order valence-electron chi connectivity index (χ4n) is 1.09. The van der Waals surface area contributed by atoms with Gasteiger partial charge in [-0.1, -0.05) is 0 Å². The van der Waals surface area contributed by atoms with E-state index in [4.69, 9.17) is 9.47 Å². The molecule has 0 saturated carbocycles. The Morgan fingerprint density at radius 3 is 2.69 bits per heavy atom. The molecular weight excluding hydrogens is 228 g/mol. The van der Waals surface area contributed by atoms with Gasteiger partial charge in [0.25, 0.3) is 0 Å². The first kappa shape index (κ1) is 15.5. The zero-order valence-corrected chi connectivity index (χ0v) is 11.1. The first-order chi connectivity index (χ1) is 7.74. The van der Waals surface area contributed by atoms with E-state index in [1.807, 2.05) is 0 Å². The van der Waals surface area contributed by atoms with Crippen LogP contribution in [0.15, 0.2) is 0 Å². The molecule has 0 spiro atoms. The maximum atomic E-state index is 11.3. The molecule has 0 aromatic rings. The molecule has 16 heavy (non-hydrogen) atoms. The molecule has 1 atom stereocenters. The number of rotatable bonds is 9. The molecule has 0 radical (unpaired) electrons. The number of carbonyl (C=O) groups is 1. The van der Waals surface area contributed by atoms with E-state index in [-0.39, 0.29) is 12.1 Å². The summed E-state index contributed by atoms with van der Waals surface area (Å²) in [5.41, 5.74) is 0. The summed E-state index contributed by atoms with van der Waals surface area (Å²) in [6.45, 7) is 1.58. The van der Waals surface area contributed by atoms with Crippen LogP contribution in [0.4, 0.5) is 4.79 Å². The van der Waals surface area contributed by atoms with Crippen LogP contribution in [0.1, 0.15) is 6.42 Å². The topological polar surface area (TPSA) is 59.6 Å². The molecule has 6 heteroatoms. The van der Waals surface area contributed by atoms with Crippen molar-refractivity contribution in [2.75, 3.05) is 45.9 Å². The second-order valence-corrected chi connectivity index (χ2v) is 4.25. The van der Waals surface area contributed by atoms with E-state index < -0.39 is 0 Å². The molecule has 2 N–H and O–H groups in total. The molecular formula is C10H22N2O3S. The van der Waals surface area contributed by atoms with E-state index in [0.717, 1.165) is 12.2 Å². The van der Waals surface area contributed by atoms with Gasteiger partial charge in [-0.3, -0.25) is 0 Å². The molecule has 0 fully saturated rings. The normalized spacial score (nSPS) is 12.2. The van der Waals surface area contributed by atoms with Gasteiger partial charge in [0, 0.05) is 27.3 Å². The van der Waals surface area contributed by atoms with E-state index in [1.54, 1.807) is 26.0 Å². The minimum atomic E-state index is -0.178. The molecule has 0 saturated heterocycles. The fourth-order valence-corrected chi connectivity index (χ4v) is 1.59. The quantitative estimate of drug-likeness (QED) is 0.591. The maximum Gasteiger partial charge on any atom is 0.314 e. The summed E-state index contributed by atoms with van der Waals surface area (Å²) in [5, 5.41) is 5.44. The molecule has 0 aromatic heterocycles. The van der Waals surface area contributed by atoms with Gasteiger partial charge in [-0.05, 0) is 18.4 Å². The van der Waals surface area contributed by atoms with Gasteiger partial charge in [0.1, 0.15) is 0 Å². The Bertz CT molecular complexity index is 181. The van der Waals surface area contributed by atoms with Crippen LogP contribution < -0.4 is 10.6 Å². The third-order valence-corrected chi connectivity index (χ3v) is 2.70. The molecule has 0 rings (SSSR count). The van der Waals surface area contributed by atoms with Crippen LogP contribution in [-0.4, -0.2) is 58.1 Å². The largest absolute Gasteiger partial charge is 0.383 e. The van der Waals surface area contributed by atoms with Crippen molar-refractivity contribution in [3.8, 4) is 0 Å². The number of hydrogen-bond donors (Lipinski definition) is 2. The maximum absolute atomic E-state index is 11.3. The van der Waals surface area contributed by atoms with Gasteiger partial charge in [0.05, 0.1) is 12.7 Å². The summed E-state index contributed by atoms with van der Waals surface area (Å²) >= 11 is 1.77. The van der Waals surface area contributed by atoms with Crippen molar-refractivity contribution in [2.45, 2.75) is 12.5 Å². The highest BCUT2D eigenvalue weighted by atomic mass is 32.2. The average Bonchev–Trinajstić information content (AvgIpc) is 2.30. The van der Waals surface area contributed by atoms with Crippen LogP contribution in [0.2, 0.25) is 0 Å². The van der Waals surface area contributed by atoms with Crippen LogP contribution in [-0.2, 0) is 9.47 Å². The highest BCUT2D eigenvalue weighted by molar-refractivity contribution is 7.98. The fraction of sp³-hybridized carbons (Fsp3) is 0.900. The molecule has 0 aromatic carbocycles. The molecule has 5 nitrogen and oxygen atoms in total. The summed E-state index contributed by atoms with van der Waals surface area (Å²) in [7, 11) is 3.26. The van der Waals surface area contributed by atoms with Crippen LogP contribution in [0.3, 0.4) is 0 Å². The highest BCUT2D eigenvalue weighted by Crippen LogP contribution is 2.02. The van der Waals surface area contributed by atoms with Crippen molar-refractivity contribution in [3.63, 3.8) is 0 Å². The minimum absolute atomic E-state index is 0.0839. The smallest absolute Gasteiger partial charge is 0.314 e. The standard InChI is InChI=1S/C10H22N2O3S/c1-14-6-5-11-10(13)12-8-9(15-2)4-7-16-3/h9H,4-8H2,1-3H3,(H2,11,12,13). The summed E-state index contributed by atoms with van der Waals surface area (Å²) in [4.78, 5) is 11.3. The van der Waals surface area contributed by atoms with Crippen LogP contribution in [0.5, 0.6) is 0 Å². The lowest BCUT2D eigenvalue weighted by atomic mass is 10.3. The summed E-state index contributed by atoms with van der Waals surface area (Å²) in [6.07, 6.45) is 3.08. The molecule has 0 aliphatic carbocycles. The Labute approximate surface area is 102 Å². The number of nitrogens with one attached hydrogen (secondary N) is 2. The molecule has 96 valence electrons. The number of hydrogen-bond acceptors (Lipinski definition) is 4. The van der Waals surface area contributed by atoms with E-state index in [9.17, 15) is 4.79 Å². The lowest BCUT2D eigenvalue weighted by Gasteiger charge is -2.15. The zero-order chi connectivity index (χ0) is 12.2. The Morgan fingerprint density at radius 1 is 1.38 bits per heavy atom. The van der Waals surface area contributed by atoms with E-state index >= 15 is 0 Å². The Kier molecular flexibility index (Phi) is 10.7. The van der Waals surface area contributed by atoms with Gasteiger partial charge in [0.15, 0.2) is 0 Å². The molecule has 1 unspecified atom stereocenters. The third-order valence-electron chi connectivity index (χ3n) is 2.06. The van der Waals surface area contributed by atoms with Gasteiger partial charge in [-0.25, -0.2) is 4.79 Å². The number of carbonyl (C=O) groups excluding carboxylic acids is 1. The molecule has 0 aliphatic heterocycles. The van der Waals surface area contributed by atoms with Gasteiger partial charge < -0.3 is 20.1 Å². The van der Waals surface area contributed by atoms with Crippen molar-refractivity contribution < 1.29 is 14.3 Å². The van der Waals surface area contributed by atoms with Gasteiger partial charge in [-0.15, -0.1) is 0 Å². The number of amides is 2. The van der Waals surface area contributed by atoms with Gasteiger partial charge >= 0.3 is 6.03 Å². The summed E-state index contributed by atoms with van der Waals surface area (Å²) in [6, 6.07) is -0.178. The monoisotopic (exact) mass is 250 g/mol. The van der Waals surface area contributed by atoms with Gasteiger partial charge in [-0.2, -0.15) is 11.8 Å². The van der Waals surface area contributed by atoms with Crippen LogP contribution in [0, 0.1) is 0 Å².